The number of halogens is 2. The van der Waals surface area contributed by atoms with Gasteiger partial charge in [0.05, 0.1) is 16.5 Å². The third-order valence-electron chi connectivity index (χ3n) is 5.44. The number of ether oxygens (including phenoxy) is 2. The zero-order valence-electron chi connectivity index (χ0n) is 19.0. The summed E-state index contributed by atoms with van der Waals surface area (Å²) in [5.74, 6) is 0.188. The number of imide groups is 1. The second kappa shape index (κ2) is 11.6. The van der Waals surface area contributed by atoms with Gasteiger partial charge in [-0.3, -0.25) is 14.5 Å². The SMILES string of the molecule is COc1cc(/C=C2/SC(=O)N(CCCc3ccccc3)C2=O)cc(Br)c1OCc1ccccc1F. The molecule has 0 atom stereocenters. The van der Waals surface area contributed by atoms with Gasteiger partial charge >= 0.3 is 0 Å². The molecule has 0 N–H and O–H groups in total. The van der Waals surface area contributed by atoms with Crippen molar-refractivity contribution in [1.29, 1.82) is 0 Å². The Bertz CT molecular complexity index is 1270. The van der Waals surface area contributed by atoms with E-state index in [-0.39, 0.29) is 23.6 Å². The van der Waals surface area contributed by atoms with Crippen molar-refractivity contribution < 1.29 is 23.5 Å². The van der Waals surface area contributed by atoms with Gasteiger partial charge in [0.2, 0.25) is 0 Å². The number of benzene rings is 3. The highest BCUT2D eigenvalue weighted by Crippen LogP contribution is 2.39. The van der Waals surface area contributed by atoms with E-state index in [4.69, 9.17) is 9.47 Å². The molecule has 1 fully saturated rings. The van der Waals surface area contributed by atoms with Crippen LogP contribution in [0.3, 0.4) is 0 Å². The van der Waals surface area contributed by atoms with Crippen molar-refractivity contribution in [3.05, 3.63) is 98.6 Å². The van der Waals surface area contributed by atoms with Gasteiger partial charge in [-0.05, 0) is 75.9 Å². The van der Waals surface area contributed by atoms with Crippen LogP contribution >= 0.6 is 27.7 Å². The van der Waals surface area contributed by atoms with E-state index < -0.39 is 0 Å². The number of hydrogen-bond donors (Lipinski definition) is 0. The molecule has 8 heteroatoms. The molecule has 0 aliphatic carbocycles. The number of thioether (sulfide) groups is 1. The normalized spacial score (nSPS) is 14.6. The number of carbonyl (C=O) groups is 2. The van der Waals surface area contributed by atoms with Crippen LogP contribution in [0.1, 0.15) is 23.1 Å². The standard InChI is InChI=1S/C27H23BrFNO4S/c1-33-23-15-19(14-21(28)25(23)34-17-20-11-5-6-12-22(20)29)16-24-26(31)30(27(32)35-24)13-7-10-18-8-3-2-4-9-18/h2-6,8-9,11-12,14-16H,7,10,13,17H2,1H3/b24-16+. The first-order valence-electron chi connectivity index (χ1n) is 11.0. The van der Waals surface area contributed by atoms with Gasteiger partial charge in [-0.25, -0.2) is 4.39 Å². The van der Waals surface area contributed by atoms with Crippen molar-refractivity contribution in [2.45, 2.75) is 19.4 Å². The molecule has 35 heavy (non-hydrogen) atoms. The number of carbonyl (C=O) groups excluding carboxylic acids is 2. The molecule has 2 amide bonds. The summed E-state index contributed by atoms with van der Waals surface area (Å²) < 4.78 is 25.8. The Kier molecular flexibility index (Phi) is 8.25. The molecule has 0 unspecified atom stereocenters. The van der Waals surface area contributed by atoms with Crippen LogP contribution in [-0.2, 0) is 17.8 Å². The quantitative estimate of drug-likeness (QED) is 0.270. The van der Waals surface area contributed by atoms with Gasteiger partial charge in [0.25, 0.3) is 11.1 Å². The Balaban J connectivity index is 1.45. The maximum Gasteiger partial charge on any atom is 0.293 e. The molecule has 1 heterocycles. The molecular formula is C27H23BrFNO4S. The molecule has 0 bridgehead atoms. The van der Waals surface area contributed by atoms with E-state index in [9.17, 15) is 14.0 Å². The number of aryl methyl sites for hydroxylation is 1. The predicted molar refractivity (Wildman–Crippen MR) is 139 cm³/mol. The monoisotopic (exact) mass is 555 g/mol. The molecule has 180 valence electrons. The summed E-state index contributed by atoms with van der Waals surface area (Å²) in [4.78, 5) is 27.0. The Hall–Kier alpha value is -3.10. The number of rotatable bonds is 9. The minimum absolute atomic E-state index is 0.0306. The Morgan fingerprint density at radius 2 is 1.80 bits per heavy atom. The van der Waals surface area contributed by atoms with Crippen LogP contribution in [0.15, 0.2) is 76.1 Å². The molecule has 0 radical (unpaired) electrons. The fraction of sp³-hybridized carbons (Fsp3) is 0.185. The zero-order valence-corrected chi connectivity index (χ0v) is 21.4. The van der Waals surface area contributed by atoms with Gasteiger partial charge < -0.3 is 9.47 Å². The zero-order chi connectivity index (χ0) is 24.8. The van der Waals surface area contributed by atoms with Crippen LogP contribution in [0.25, 0.3) is 6.08 Å². The molecule has 0 spiro atoms. The summed E-state index contributed by atoms with van der Waals surface area (Å²) >= 11 is 4.40. The lowest BCUT2D eigenvalue weighted by Crippen LogP contribution is -2.29. The number of hydrogen-bond acceptors (Lipinski definition) is 5. The average molecular weight is 556 g/mol. The maximum absolute atomic E-state index is 13.9. The Morgan fingerprint density at radius 3 is 2.54 bits per heavy atom. The van der Waals surface area contributed by atoms with Gasteiger partial charge in [0.1, 0.15) is 12.4 Å². The Morgan fingerprint density at radius 1 is 1.06 bits per heavy atom. The third-order valence-corrected chi connectivity index (χ3v) is 6.94. The van der Waals surface area contributed by atoms with Crippen LogP contribution in [0.4, 0.5) is 9.18 Å². The molecule has 0 aromatic heterocycles. The molecular weight excluding hydrogens is 533 g/mol. The van der Waals surface area contributed by atoms with E-state index in [2.05, 4.69) is 15.9 Å². The fourth-order valence-corrected chi connectivity index (χ4v) is 5.10. The van der Waals surface area contributed by atoms with E-state index in [0.29, 0.717) is 45.0 Å². The smallest absolute Gasteiger partial charge is 0.293 e. The van der Waals surface area contributed by atoms with Crippen LogP contribution in [0.2, 0.25) is 0 Å². The van der Waals surface area contributed by atoms with Crippen LogP contribution in [0, 0.1) is 5.82 Å². The lowest BCUT2D eigenvalue weighted by Gasteiger charge is -2.14. The molecule has 1 saturated heterocycles. The predicted octanol–water partition coefficient (Wildman–Crippen LogP) is 6.84. The number of amides is 2. The molecule has 1 aliphatic rings. The largest absolute Gasteiger partial charge is 0.493 e. The number of methoxy groups -OCH3 is 1. The molecule has 4 rings (SSSR count). The summed E-state index contributed by atoms with van der Waals surface area (Å²) in [6.07, 6.45) is 3.15. The van der Waals surface area contributed by atoms with Crippen LogP contribution < -0.4 is 9.47 Å². The lowest BCUT2D eigenvalue weighted by molar-refractivity contribution is -0.122. The fourth-order valence-electron chi connectivity index (χ4n) is 3.66. The van der Waals surface area contributed by atoms with Crippen molar-refractivity contribution in [1.82, 2.24) is 4.90 Å². The van der Waals surface area contributed by atoms with Crippen molar-refractivity contribution >= 4 is 44.9 Å². The summed E-state index contributed by atoms with van der Waals surface area (Å²) in [7, 11) is 1.50. The lowest BCUT2D eigenvalue weighted by atomic mass is 10.1. The molecule has 5 nitrogen and oxygen atoms in total. The maximum atomic E-state index is 13.9. The highest BCUT2D eigenvalue weighted by Gasteiger charge is 2.34. The van der Waals surface area contributed by atoms with Gasteiger partial charge in [0.15, 0.2) is 11.5 Å². The summed E-state index contributed by atoms with van der Waals surface area (Å²) in [5.41, 5.74) is 2.26. The molecule has 0 saturated carbocycles. The van der Waals surface area contributed by atoms with E-state index in [1.807, 2.05) is 30.3 Å². The summed E-state index contributed by atoms with van der Waals surface area (Å²) in [6.45, 7) is 0.398. The molecule has 3 aromatic carbocycles. The minimum atomic E-state index is -0.348. The second-order valence-electron chi connectivity index (χ2n) is 7.84. The van der Waals surface area contributed by atoms with Crippen molar-refractivity contribution in [3.8, 4) is 11.5 Å². The average Bonchev–Trinajstić information content (AvgIpc) is 3.12. The summed E-state index contributed by atoms with van der Waals surface area (Å²) in [6, 6.07) is 19.8. The van der Waals surface area contributed by atoms with E-state index in [0.717, 1.165) is 18.2 Å². The Labute approximate surface area is 216 Å². The van der Waals surface area contributed by atoms with Gasteiger partial charge in [-0.2, -0.15) is 0 Å². The highest BCUT2D eigenvalue weighted by atomic mass is 79.9. The molecule has 1 aliphatic heterocycles. The van der Waals surface area contributed by atoms with Crippen LogP contribution in [0.5, 0.6) is 11.5 Å². The van der Waals surface area contributed by atoms with Crippen LogP contribution in [-0.4, -0.2) is 29.7 Å². The first kappa shape index (κ1) is 25.0. The van der Waals surface area contributed by atoms with Crippen molar-refractivity contribution in [3.63, 3.8) is 0 Å². The number of nitrogens with zero attached hydrogens (tertiary/aromatic N) is 1. The van der Waals surface area contributed by atoms with E-state index >= 15 is 0 Å². The van der Waals surface area contributed by atoms with Gasteiger partial charge in [0, 0.05) is 12.1 Å². The van der Waals surface area contributed by atoms with E-state index in [1.54, 1.807) is 36.4 Å². The summed E-state index contributed by atoms with van der Waals surface area (Å²) in [5, 5.41) is -0.273. The first-order chi connectivity index (χ1) is 17.0. The second-order valence-corrected chi connectivity index (χ2v) is 9.68. The van der Waals surface area contributed by atoms with E-state index in [1.165, 1.54) is 23.6 Å². The minimum Gasteiger partial charge on any atom is -0.493 e. The molecule has 3 aromatic rings. The third kappa shape index (κ3) is 6.13. The topological polar surface area (TPSA) is 55.8 Å². The first-order valence-corrected chi connectivity index (χ1v) is 12.6. The van der Waals surface area contributed by atoms with Crippen molar-refractivity contribution in [2.24, 2.45) is 0 Å². The van der Waals surface area contributed by atoms with Crippen molar-refractivity contribution in [2.75, 3.05) is 13.7 Å². The highest BCUT2D eigenvalue weighted by molar-refractivity contribution is 9.10. The van der Waals surface area contributed by atoms with Gasteiger partial charge in [-0.15, -0.1) is 0 Å². The van der Waals surface area contributed by atoms with Gasteiger partial charge in [-0.1, -0.05) is 48.5 Å².